The summed E-state index contributed by atoms with van der Waals surface area (Å²) in [6, 6.07) is 12.5. The zero-order valence-corrected chi connectivity index (χ0v) is 11.8. The van der Waals surface area contributed by atoms with Crippen LogP contribution in [0.4, 0.5) is 14.5 Å². The summed E-state index contributed by atoms with van der Waals surface area (Å²) >= 11 is 0. The van der Waals surface area contributed by atoms with Gasteiger partial charge in [-0.3, -0.25) is 0 Å². The molecule has 20 heavy (non-hydrogen) atoms. The van der Waals surface area contributed by atoms with E-state index in [9.17, 15) is 8.78 Å². The van der Waals surface area contributed by atoms with Crippen LogP contribution in [0.1, 0.15) is 24.5 Å². The number of hydrogen-bond donors (Lipinski definition) is 1. The largest absolute Gasteiger partial charge is 0.380 e. The fraction of sp³-hybridized carbons (Fsp3) is 0.294. The van der Waals surface area contributed by atoms with E-state index < -0.39 is 5.82 Å². The SMILES string of the molecule is CCC(Cc1ccccc1)Nc1cc(F)c(C)cc1F. The molecule has 0 amide bonds. The molecule has 2 aromatic carbocycles. The lowest BCUT2D eigenvalue weighted by molar-refractivity contribution is 0.589. The fourth-order valence-corrected chi connectivity index (χ4v) is 2.17. The summed E-state index contributed by atoms with van der Waals surface area (Å²) in [5, 5.41) is 3.10. The smallest absolute Gasteiger partial charge is 0.146 e. The van der Waals surface area contributed by atoms with Crippen molar-refractivity contribution in [3.63, 3.8) is 0 Å². The zero-order chi connectivity index (χ0) is 14.5. The highest BCUT2D eigenvalue weighted by molar-refractivity contribution is 5.48. The van der Waals surface area contributed by atoms with E-state index in [4.69, 9.17) is 0 Å². The molecule has 0 heterocycles. The van der Waals surface area contributed by atoms with Gasteiger partial charge in [-0.2, -0.15) is 0 Å². The van der Waals surface area contributed by atoms with Gasteiger partial charge in [-0.15, -0.1) is 0 Å². The first-order valence-electron chi connectivity index (χ1n) is 6.86. The summed E-state index contributed by atoms with van der Waals surface area (Å²) in [5.74, 6) is -0.793. The first-order valence-corrected chi connectivity index (χ1v) is 6.86. The number of halogens is 2. The van der Waals surface area contributed by atoms with Crippen molar-refractivity contribution in [1.82, 2.24) is 0 Å². The fourth-order valence-electron chi connectivity index (χ4n) is 2.17. The monoisotopic (exact) mass is 275 g/mol. The molecule has 0 aliphatic carbocycles. The van der Waals surface area contributed by atoms with Crippen molar-refractivity contribution in [2.45, 2.75) is 32.7 Å². The standard InChI is InChI=1S/C17H19F2N/c1-3-14(10-13-7-5-4-6-8-13)20-17-11-15(18)12(2)9-16(17)19/h4-9,11,14,20H,3,10H2,1-2H3. The van der Waals surface area contributed by atoms with Gasteiger partial charge in [0.15, 0.2) is 0 Å². The van der Waals surface area contributed by atoms with E-state index in [1.54, 1.807) is 6.92 Å². The maximum Gasteiger partial charge on any atom is 0.146 e. The second-order valence-electron chi connectivity index (χ2n) is 5.02. The molecule has 2 aromatic rings. The third-order valence-electron chi connectivity index (χ3n) is 3.43. The van der Waals surface area contributed by atoms with Crippen LogP contribution < -0.4 is 5.32 Å². The van der Waals surface area contributed by atoms with Gasteiger partial charge in [-0.1, -0.05) is 37.3 Å². The van der Waals surface area contributed by atoms with Crippen molar-refractivity contribution in [2.24, 2.45) is 0 Å². The van der Waals surface area contributed by atoms with E-state index in [-0.39, 0.29) is 17.5 Å². The Labute approximate surface area is 118 Å². The summed E-state index contributed by atoms with van der Waals surface area (Å²) in [6.07, 6.45) is 1.62. The van der Waals surface area contributed by atoms with Gasteiger partial charge in [0.2, 0.25) is 0 Å². The minimum absolute atomic E-state index is 0.0778. The molecule has 2 rings (SSSR count). The number of anilines is 1. The molecule has 0 saturated heterocycles. The van der Waals surface area contributed by atoms with E-state index in [1.165, 1.54) is 17.7 Å². The molecule has 0 aliphatic rings. The Morgan fingerprint density at radius 2 is 1.75 bits per heavy atom. The molecule has 0 spiro atoms. The second kappa shape index (κ2) is 6.51. The van der Waals surface area contributed by atoms with Crippen LogP contribution in [0.25, 0.3) is 0 Å². The van der Waals surface area contributed by atoms with Gasteiger partial charge in [0, 0.05) is 12.1 Å². The van der Waals surface area contributed by atoms with Gasteiger partial charge in [0.1, 0.15) is 11.6 Å². The van der Waals surface area contributed by atoms with Crippen molar-refractivity contribution in [1.29, 1.82) is 0 Å². The Morgan fingerprint density at radius 1 is 1.05 bits per heavy atom. The lowest BCUT2D eigenvalue weighted by atomic mass is 10.0. The lowest BCUT2D eigenvalue weighted by Gasteiger charge is -2.19. The van der Waals surface area contributed by atoms with Gasteiger partial charge < -0.3 is 5.32 Å². The van der Waals surface area contributed by atoms with Crippen LogP contribution in [-0.2, 0) is 6.42 Å². The highest BCUT2D eigenvalue weighted by Crippen LogP contribution is 2.21. The van der Waals surface area contributed by atoms with E-state index in [1.807, 2.05) is 37.3 Å². The number of rotatable bonds is 5. The second-order valence-corrected chi connectivity index (χ2v) is 5.02. The molecule has 0 saturated carbocycles. The Bertz CT molecular complexity index is 567. The van der Waals surface area contributed by atoms with Crippen molar-refractivity contribution >= 4 is 5.69 Å². The molecular weight excluding hydrogens is 256 g/mol. The van der Waals surface area contributed by atoms with Crippen molar-refractivity contribution in [3.05, 3.63) is 65.2 Å². The van der Waals surface area contributed by atoms with Crippen LogP contribution in [0, 0.1) is 18.6 Å². The number of benzene rings is 2. The normalized spacial score (nSPS) is 12.2. The van der Waals surface area contributed by atoms with E-state index in [0.29, 0.717) is 5.56 Å². The van der Waals surface area contributed by atoms with Gasteiger partial charge in [-0.25, -0.2) is 8.78 Å². The van der Waals surface area contributed by atoms with E-state index in [2.05, 4.69) is 5.32 Å². The number of hydrogen-bond acceptors (Lipinski definition) is 1. The summed E-state index contributed by atoms with van der Waals surface area (Å²) in [4.78, 5) is 0. The number of aryl methyl sites for hydroxylation is 1. The average molecular weight is 275 g/mol. The van der Waals surface area contributed by atoms with E-state index in [0.717, 1.165) is 12.8 Å². The highest BCUT2D eigenvalue weighted by atomic mass is 19.1. The molecular formula is C17H19F2N. The molecule has 0 bridgehead atoms. The Balaban J connectivity index is 2.12. The molecule has 1 atom stereocenters. The summed E-state index contributed by atoms with van der Waals surface area (Å²) in [7, 11) is 0. The quantitative estimate of drug-likeness (QED) is 0.833. The molecule has 0 fully saturated rings. The molecule has 0 radical (unpaired) electrons. The predicted octanol–water partition coefficient (Wildman–Crippen LogP) is 4.71. The van der Waals surface area contributed by atoms with E-state index >= 15 is 0 Å². The minimum atomic E-state index is -0.407. The van der Waals surface area contributed by atoms with Crippen LogP contribution in [-0.4, -0.2) is 6.04 Å². The molecule has 1 unspecified atom stereocenters. The third-order valence-corrected chi connectivity index (χ3v) is 3.43. The van der Waals surface area contributed by atoms with Gasteiger partial charge >= 0.3 is 0 Å². The average Bonchev–Trinajstić information content (AvgIpc) is 2.45. The molecule has 106 valence electrons. The van der Waals surface area contributed by atoms with Crippen molar-refractivity contribution < 1.29 is 8.78 Å². The summed E-state index contributed by atoms with van der Waals surface area (Å²) in [5.41, 5.74) is 1.74. The van der Waals surface area contributed by atoms with Crippen LogP contribution in [0.15, 0.2) is 42.5 Å². The Hall–Kier alpha value is -1.90. The van der Waals surface area contributed by atoms with Crippen molar-refractivity contribution in [3.8, 4) is 0 Å². The van der Waals surface area contributed by atoms with Crippen LogP contribution in [0.2, 0.25) is 0 Å². The maximum atomic E-state index is 13.8. The first-order chi connectivity index (χ1) is 9.60. The highest BCUT2D eigenvalue weighted by Gasteiger charge is 2.12. The first kappa shape index (κ1) is 14.5. The lowest BCUT2D eigenvalue weighted by Crippen LogP contribution is -2.22. The third kappa shape index (κ3) is 3.56. The van der Waals surface area contributed by atoms with Crippen molar-refractivity contribution in [2.75, 3.05) is 5.32 Å². The zero-order valence-electron chi connectivity index (χ0n) is 11.8. The molecule has 0 aromatic heterocycles. The Morgan fingerprint density at radius 3 is 2.40 bits per heavy atom. The Kier molecular flexibility index (Phi) is 4.72. The molecule has 1 nitrogen and oxygen atoms in total. The molecule has 3 heteroatoms. The molecule has 0 aliphatic heterocycles. The summed E-state index contributed by atoms with van der Waals surface area (Å²) < 4.78 is 27.4. The van der Waals surface area contributed by atoms with Crippen LogP contribution >= 0.6 is 0 Å². The summed E-state index contributed by atoms with van der Waals surface area (Å²) in [6.45, 7) is 3.59. The van der Waals surface area contributed by atoms with Gasteiger partial charge in [-0.05, 0) is 37.0 Å². The molecule has 1 N–H and O–H groups in total. The number of nitrogens with one attached hydrogen (secondary N) is 1. The van der Waals surface area contributed by atoms with Gasteiger partial charge in [0.25, 0.3) is 0 Å². The van der Waals surface area contributed by atoms with Crippen LogP contribution in [0.3, 0.4) is 0 Å². The minimum Gasteiger partial charge on any atom is -0.380 e. The topological polar surface area (TPSA) is 12.0 Å². The maximum absolute atomic E-state index is 13.8. The predicted molar refractivity (Wildman–Crippen MR) is 78.9 cm³/mol. The van der Waals surface area contributed by atoms with Gasteiger partial charge in [0.05, 0.1) is 5.69 Å². The van der Waals surface area contributed by atoms with Crippen LogP contribution in [0.5, 0.6) is 0 Å².